The van der Waals surface area contributed by atoms with Gasteiger partial charge in [0.2, 0.25) is 0 Å². The lowest BCUT2D eigenvalue weighted by molar-refractivity contribution is -0.123. The van der Waals surface area contributed by atoms with Gasteiger partial charge in [0.05, 0.1) is 0 Å². The first kappa shape index (κ1) is 19.1. The molecule has 0 aliphatic heterocycles. The van der Waals surface area contributed by atoms with Crippen LogP contribution in [0.4, 0.5) is 5.69 Å². The Balaban J connectivity index is 1.64. The summed E-state index contributed by atoms with van der Waals surface area (Å²) in [6.45, 7) is 3.31. The maximum absolute atomic E-state index is 12.3. The number of hydrogen-bond donors (Lipinski definition) is 1. The van der Waals surface area contributed by atoms with Crippen LogP contribution in [0.15, 0.2) is 53.9 Å². The van der Waals surface area contributed by atoms with Crippen LogP contribution >= 0.6 is 22.9 Å². The standard InChI is InChI=1S/C20H17ClN2O3S/c1-12-15(21)9-6-10-16(12)22-18(24)13(2)26-20(25)17-11-27-19(23-17)14-7-4-3-5-8-14/h3-11,13H,1-2H3,(H,22,24)/t13-/m1/s1. The monoisotopic (exact) mass is 400 g/mol. The van der Waals surface area contributed by atoms with Gasteiger partial charge < -0.3 is 10.1 Å². The number of nitrogens with zero attached hydrogens (tertiary/aromatic N) is 1. The minimum absolute atomic E-state index is 0.178. The van der Waals surface area contributed by atoms with Gasteiger partial charge in [0.25, 0.3) is 5.91 Å². The van der Waals surface area contributed by atoms with Crippen LogP contribution in [0.2, 0.25) is 5.02 Å². The molecule has 0 bridgehead atoms. The van der Waals surface area contributed by atoms with Gasteiger partial charge in [-0.05, 0) is 31.5 Å². The Morgan fingerprint density at radius 1 is 1.15 bits per heavy atom. The Bertz CT molecular complexity index is 972. The van der Waals surface area contributed by atoms with Gasteiger partial charge in [0.15, 0.2) is 11.8 Å². The molecule has 3 aromatic rings. The minimum Gasteiger partial charge on any atom is -0.448 e. The summed E-state index contributed by atoms with van der Waals surface area (Å²) in [5.74, 6) is -1.08. The summed E-state index contributed by atoms with van der Waals surface area (Å²) < 4.78 is 5.25. The molecule has 3 rings (SSSR count). The number of carbonyl (C=O) groups is 2. The first-order valence-electron chi connectivity index (χ1n) is 8.23. The molecule has 0 spiro atoms. The number of esters is 1. The van der Waals surface area contributed by atoms with E-state index >= 15 is 0 Å². The van der Waals surface area contributed by atoms with Crippen LogP contribution in [0.5, 0.6) is 0 Å². The maximum atomic E-state index is 12.3. The first-order chi connectivity index (χ1) is 13.0. The topological polar surface area (TPSA) is 68.3 Å². The number of carbonyl (C=O) groups excluding carboxylic acids is 2. The van der Waals surface area contributed by atoms with Crippen molar-refractivity contribution >= 4 is 40.5 Å². The van der Waals surface area contributed by atoms with Crippen LogP contribution in [-0.2, 0) is 9.53 Å². The van der Waals surface area contributed by atoms with Gasteiger partial charge >= 0.3 is 5.97 Å². The second kappa shape index (κ2) is 8.33. The molecule has 0 aliphatic carbocycles. The number of rotatable bonds is 5. The number of anilines is 1. The average molecular weight is 401 g/mol. The first-order valence-corrected chi connectivity index (χ1v) is 9.49. The molecule has 1 amide bonds. The molecule has 0 radical (unpaired) electrons. The van der Waals surface area contributed by atoms with Crippen molar-refractivity contribution in [3.63, 3.8) is 0 Å². The van der Waals surface area contributed by atoms with Crippen molar-refractivity contribution in [1.82, 2.24) is 4.98 Å². The molecule has 2 aromatic carbocycles. The molecule has 5 nitrogen and oxygen atoms in total. The fourth-order valence-electron chi connectivity index (χ4n) is 2.33. The van der Waals surface area contributed by atoms with Crippen LogP contribution in [-0.4, -0.2) is 23.0 Å². The molecule has 0 saturated heterocycles. The third-order valence-electron chi connectivity index (χ3n) is 3.91. The third kappa shape index (κ3) is 4.53. The molecular weight excluding hydrogens is 384 g/mol. The second-order valence-corrected chi connectivity index (χ2v) is 7.12. The molecule has 138 valence electrons. The lowest BCUT2D eigenvalue weighted by Gasteiger charge is -2.14. The summed E-state index contributed by atoms with van der Waals surface area (Å²) in [6.07, 6.45) is -0.974. The molecule has 0 fully saturated rings. The molecule has 1 heterocycles. The lowest BCUT2D eigenvalue weighted by Crippen LogP contribution is -2.30. The van der Waals surface area contributed by atoms with Gasteiger partial charge in [-0.1, -0.05) is 48.0 Å². The number of benzene rings is 2. The van der Waals surface area contributed by atoms with Gasteiger partial charge in [-0.3, -0.25) is 4.79 Å². The number of thiazole rings is 1. The highest BCUT2D eigenvalue weighted by molar-refractivity contribution is 7.13. The van der Waals surface area contributed by atoms with Crippen LogP contribution < -0.4 is 5.32 Å². The predicted octanol–water partition coefficient (Wildman–Crippen LogP) is 4.96. The third-order valence-corrected chi connectivity index (χ3v) is 5.21. The zero-order valence-electron chi connectivity index (χ0n) is 14.7. The smallest absolute Gasteiger partial charge is 0.358 e. The van der Waals surface area contributed by atoms with E-state index in [-0.39, 0.29) is 5.69 Å². The quantitative estimate of drug-likeness (QED) is 0.615. The van der Waals surface area contributed by atoms with Crippen molar-refractivity contribution in [2.24, 2.45) is 0 Å². The van der Waals surface area contributed by atoms with E-state index in [1.807, 2.05) is 30.3 Å². The highest BCUT2D eigenvalue weighted by atomic mass is 35.5. The van der Waals surface area contributed by atoms with Gasteiger partial charge in [0, 0.05) is 21.7 Å². The van der Waals surface area contributed by atoms with Gasteiger partial charge in [0.1, 0.15) is 5.01 Å². The largest absolute Gasteiger partial charge is 0.448 e. The van der Waals surface area contributed by atoms with Crippen molar-refractivity contribution in [2.45, 2.75) is 20.0 Å². The SMILES string of the molecule is Cc1c(Cl)cccc1NC(=O)[C@@H](C)OC(=O)c1csc(-c2ccccc2)n1. The van der Waals surface area contributed by atoms with Crippen molar-refractivity contribution in [1.29, 1.82) is 0 Å². The molecule has 1 aromatic heterocycles. The van der Waals surface area contributed by atoms with Crippen LogP contribution in [0, 0.1) is 6.92 Å². The number of aromatic nitrogens is 1. The Labute approximate surface area is 166 Å². The van der Waals surface area contributed by atoms with E-state index < -0.39 is 18.0 Å². The molecule has 27 heavy (non-hydrogen) atoms. The zero-order valence-corrected chi connectivity index (χ0v) is 16.3. The summed E-state index contributed by atoms with van der Waals surface area (Å²) in [6, 6.07) is 14.8. The van der Waals surface area contributed by atoms with Gasteiger partial charge in [-0.15, -0.1) is 11.3 Å². The van der Waals surface area contributed by atoms with E-state index in [4.69, 9.17) is 16.3 Å². The minimum atomic E-state index is -0.974. The molecule has 0 saturated carbocycles. The Morgan fingerprint density at radius 3 is 2.63 bits per heavy atom. The molecular formula is C20H17ClN2O3S. The predicted molar refractivity (Wildman–Crippen MR) is 107 cm³/mol. The number of halogens is 1. The maximum Gasteiger partial charge on any atom is 0.358 e. The van der Waals surface area contributed by atoms with E-state index in [2.05, 4.69) is 10.3 Å². The molecule has 1 N–H and O–H groups in total. The lowest BCUT2D eigenvalue weighted by atomic mass is 10.2. The van der Waals surface area contributed by atoms with E-state index in [1.165, 1.54) is 18.3 Å². The summed E-state index contributed by atoms with van der Waals surface area (Å²) in [5.41, 5.74) is 2.43. The van der Waals surface area contributed by atoms with E-state index in [0.29, 0.717) is 15.7 Å². The number of hydrogen-bond acceptors (Lipinski definition) is 5. The molecule has 1 atom stereocenters. The summed E-state index contributed by atoms with van der Waals surface area (Å²) >= 11 is 7.40. The highest BCUT2D eigenvalue weighted by Crippen LogP contribution is 2.25. The summed E-state index contributed by atoms with van der Waals surface area (Å²) in [7, 11) is 0. The Morgan fingerprint density at radius 2 is 1.89 bits per heavy atom. The summed E-state index contributed by atoms with van der Waals surface area (Å²) in [4.78, 5) is 28.9. The van der Waals surface area contributed by atoms with Crippen LogP contribution in [0.3, 0.4) is 0 Å². The fourth-order valence-corrected chi connectivity index (χ4v) is 3.30. The van der Waals surface area contributed by atoms with E-state index in [9.17, 15) is 9.59 Å². The number of nitrogens with one attached hydrogen (secondary N) is 1. The van der Waals surface area contributed by atoms with E-state index in [0.717, 1.165) is 11.1 Å². The van der Waals surface area contributed by atoms with Crippen LogP contribution in [0.1, 0.15) is 23.0 Å². The number of ether oxygens (including phenoxy) is 1. The highest BCUT2D eigenvalue weighted by Gasteiger charge is 2.21. The van der Waals surface area contributed by atoms with E-state index in [1.54, 1.807) is 30.5 Å². The van der Waals surface area contributed by atoms with Gasteiger partial charge in [-0.2, -0.15) is 0 Å². The average Bonchev–Trinajstić information content (AvgIpc) is 3.16. The fraction of sp³-hybridized carbons (Fsp3) is 0.150. The molecule has 0 unspecified atom stereocenters. The zero-order chi connectivity index (χ0) is 19.4. The molecule has 7 heteroatoms. The number of amides is 1. The van der Waals surface area contributed by atoms with Crippen molar-refractivity contribution in [3.05, 3.63) is 70.2 Å². The van der Waals surface area contributed by atoms with Crippen molar-refractivity contribution in [2.75, 3.05) is 5.32 Å². The second-order valence-electron chi connectivity index (χ2n) is 5.85. The normalized spacial score (nSPS) is 11.7. The van der Waals surface area contributed by atoms with Crippen LogP contribution in [0.25, 0.3) is 10.6 Å². The Kier molecular flexibility index (Phi) is 5.88. The van der Waals surface area contributed by atoms with Gasteiger partial charge in [-0.25, -0.2) is 9.78 Å². The Hall–Kier alpha value is -2.70. The van der Waals surface area contributed by atoms with Crippen molar-refractivity contribution < 1.29 is 14.3 Å². The summed E-state index contributed by atoms with van der Waals surface area (Å²) in [5, 5.41) is 5.61. The van der Waals surface area contributed by atoms with Crippen molar-refractivity contribution in [3.8, 4) is 10.6 Å². The molecule has 0 aliphatic rings.